The van der Waals surface area contributed by atoms with Crippen LogP contribution in [0, 0.1) is 6.92 Å². The molecule has 2 N–H and O–H groups in total. The van der Waals surface area contributed by atoms with Crippen molar-refractivity contribution < 1.29 is 8.42 Å². The van der Waals surface area contributed by atoms with Gasteiger partial charge in [-0.2, -0.15) is 0 Å². The number of nitrogens with one attached hydrogen (secondary N) is 2. The average molecular weight is 331 g/mol. The first-order valence-corrected chi connectivity index (χ1v) is 8.51. The highest BCUT2D eigenvalue weighted by Gasteiger charge is 2.17. The normalized spacial score (nSPS) is 15.2. The lowest BCUT2D eigenvalue weighted by Crippen LogP contribution is -2.40. The molecule has 21 heavy (non-hydrogen) atoms. The Labute approximate surface area is 130 Å². The molecule has 8 heteroatoms. The quantitative estimate of drug-likeness (QED) is 0.784. The Hall–Kier alpha value is -1.31. The lowest BCUT2D eigenvalue weighted by Gasteiger charge is -2.15. The standard InChI is InChI=1S/C13H19ClN4O2S/c1-10-9-11(14)3-4-12(10)21(19,20)17-6-5-15-13-16-7-8-18(13)2/h3-4,9,17H,5-8H2,1-2H3,(H,15,16). The first-order chi connectivity index (χ1) is 9.90. The molecule has 1 aliphatic rings. The zero-order valence-corrected chi connectivity index (χ0v) is 13.6. The molecular formula is C13H19ClN4O2S. The van der Waals surface area contributed by atoms with E-state index in [2.05, 4.69) is 15.0 Å². The number of benzene rings is 1. The van der Waals surface area contributed by atoms with Crippen molar-refractivity contribution >= 4 is 27.6 Å². The van der Waals surface area contributed by atoms with Crippen LogP contribution in [0.3, 0.4) is 0 Å². The maximum atomic E-state index is 12.2. The number of hydrogen-bond acceptors (Lipinski definition) is 5. The van der Waals surface area contributed by atoms with Crippen molar-refractivity contribution in [3.8, 4) is 0 Å². The highest BCUT2D eigenvalue weighted by atomic mass is 35.5. The van der Waals surface area contributed by atoms with Gasteiger partial charge in [0.15, 0.2) is 5.96 Å². The molecule has 1 heterocycles. The van der Waals surface area contributed by atoms with E-state index in [0.717, 1.165) is 19.0 Å². The van der Waals surface area contributed by atoms with Gasteiger partial charge in [-0.1, -0.05) is 11.6 Å². The molecule has 116 valence electrons. The third kappa shape index (κ3) is 4.09. The van der Waals surface area contributed by atoms with Crippen molar-refractivity contribution in [3.63, 3.8) is 0 Å². The Bertz CT molecular complexity index is 646. The maximum absolute atomic E-state index is 12.2. The van der Waals surface area contributed by atoms with Crippen molar-refractivity contribution in [2.45, 2.75) is 11.8 Å². The second-order valence-electron chi connectivity index (χ2n) is 4.86. The van der Waals surface area contributed by atoms with E-state index >= 15 is 0 Å². The van der Waals surface area contributed by atoms with Crippen LogP contribution >= 0.6 is 11.6 Å². The minimum absolute atomic E-state index is 0.252. The van der Waals surface area contributed by atoms with Crippen LogP contribution in [0.5, 0.6) is 0 Å². The monoisotopic (exact) mass is 330 g/mol. The second-order valence-corrected chi connectivity index (χ2v) is 7.03. The van der Waals surface area contributed by atoms with Gasteiger partial charge in [-0.25, -0.2) is 13.1 Å². The summed E-state index contributed by atoms with van der Waals surface area (Å²) in [6.07, 6.45) is 0. The van der Waals surface area contributed by atoms with Crippen molar-refractivity contribution in [2.75, 3.05) is 33.2 Å². The summed E-state index contributed by atoms with van der Waals surface area (Å²) in [5, 5.41) is 3.63. The van der Waals surface area contributed by atoms with Crippen LogP contribution < -0.4 is 10.0 Å². The van der Waals surface area contributed by atoms with Gasteiger partial charge in [0.25, 0.3) is 0 Å². The number of halogens is 1. The fourth-order valence-corrected chi connectivity index (χ4v) is 3.56. The number of hydrogen-bond donors (Lipinski definition) is 2. The second kappa shape index (κ2) is 6.64. The van der Waals surface area contributed by atoms with Gasteiger partial charge in [0, 0.05) is 31.7 Å². The molecule has 1 aromatic rings. The van der Waals surface area contributed by atoms with Gasteiger partial charge in [-0.15, -0.1) is 0 Å². The molecule has 0 amide bonds. The van der Waals surface area contributed by atoms with E-state index in [9.17, 15) is 8.42 Å². The van der Waals surface area contributed by atoms with Crippen LogP contribution in [-0.2, 0) is 10.0 Å². The minimum Gasteiger partial charge on any atom is -0.355 e. The van der Waals surface area contributed by atoms with Crippen LogP contribution in [0.2, 0.25) is 5.02 Å². The molecule has 1 aromatic carbocycles. The third-order valence-corrected chi connectivity index (χ3v) is 5.04. The molecule has 0 spiro atoms. The summed E-state index contributed by atoms with van der Waals surface area (Å²) in [6, 6.07) is 4.72. The molecule has 0 unspecified atom stereocenters. The first kappa shape index (κ1) is 16.1. The summed E-state index contributed by atoms with van der Waals surface area (Å²) in [5.41, 5.74) is 0.628. The number of guanidine groups is 1. The number of aliphatic imine (C=N–C) groups is 1. The molecule has 6 nitrogen and oxygen atoms in total. The predicted molar refractivity (Wildman–Crippen MR) is 84.3 cm³/mol. The lowest BCUT2D eigenvalue weighted by molar-refractivity contribution is 0.533. The van der Waals surface area contributed by atoms with Gasteiger partial charge in [0.1, 0.15) is 0 Å². The Morgan fingerprint density at radius 1 is 1.38 bits per heavy atom. The highest BCUT2D eigenvalue weighted by Crippen LogP contribution is 2.19. The molecule has 2 rings (SSSR count). The van der Waals surface area contributed by atoms with Gasteiger partial charge in [-0.05, 0) is 30.7 Å². The number of nitrogens with zero attached hydrogens (tertiary/aromatic N) is 2. The van der Waals surface area contributed by atoms with Gasteiger partial charge in [-0.3, -0.25) is 4.99 Å². The van der Waals surface area contributed by atoms with Gasteiger partial charge in [0.05, 0.1) is 11.4 Å². The topological polar surface area (TPSA) is 73.8 Å². The SMILES string of the molecule is Cc1cc(Cl)ccc1S(=O)(=O)NCCNC1=NCCN1C. The summed E-state index contributed by atoms with van der Waals surface area (Å²) in [4.78, 5) is 6.52. The van der Waals surface area contributed by atoms with E-state index in [1.165, 1.54) is 6.07 Å². The molecule has 0 saturated heterocycles. The highest BCUT2D eigenvalue weighted by molar-refractivity contribution is 7.89. The zero-order valence-electron chi connectivity index (χ0n) is 12.1. The van der Waals surface area contributed by atoms with Crippen LogP contribution in [0.15, 0.2) is 28.1 Å². The fraction of sp³-hybridized carbons (Fsp3) is 0.462. The molecule has 0 aromatic heterocycles. The Morgan fingerprint density at radius 2 is 2.14 bits per heavy atom. The number of rotatable bonds is 5. The molecule has 0 saturated carbocycles. The Morgan fingerprint density at radius 3 is 2.76 bits per heavy atom. The van der Waals surface area contributed by atoms with Crippen LogP contribution in [0.1, 0.15) is 5.56 Å². The molecule has 0 aliphatic carbocycles. The lowest BCUT2D eigenvalue weighted by atomic mass is 10.2. The summed E-state index contributed by atoms with van der Waals surface area (Å²) in [7, 11) is -1.57. The average Bonchev–Trinajstić information content (AvgIpc) is 2.80. The molecule has 1 aliphatic heterocycles. The summed E-state index contributed by atoms with van der Waals surface area (Å²) in [6.45, 7) is 4.15. The third-order valence-electron chi connectivity index (χ3n) is 3.19. The minimum atomic E-state index is -3.52. The van der Waals surface area contributed by atoms with Gasteiger partial charge >= 0.3 is 0 Å². The Balaban J connectivity index is 1.89. The first-order valence-electron chi connectivity index (χ1n) is 6.65. The molecular weight excluding hydrogens is 312 g/mol. The van der Waals surface area contributed by atoms with E-state index in [1.54, 1.807) is 19.1 Å². The van der Waals surface area contributed by atoms with E-state index < -0.39 is 10.0 Å². The van der Waals surface area contributed by atoms with Crippen molar-refractivity contribution in [2.24, 2.45) is 4.99 Å². The van der Waals surface area contributed by atoms with E-state index in [-0.39, 0.29) is 11.4 Å². The summed E-state index contributed by atoms with van der Waals surface area (Å²) < 4.78 is 27.0. The van der Waals surface area contributed by atoms with E-state index in [0.29, 0.717) is 17.1 Å². The molecule has 0 atom stereocenters. The smallest absolute Gasteiger partial charge is 0.240 e. The number of aryl methyl sites for hydroxylation is 1. The van der Waals surface area contributed by atoms with E-state index in [1.807, 2.05) is 11.9 Å². The van der Waals surface area contributed by atoms with Gasteiger partial charge < -0.3 is 10.2 Å². The van der Waals surface area contributed by atoms with Crippen LogP contribution in [0.4, 0.5) is 0 Å². The largest absolute Gasteiger partial charge is 0.355 e. The summed E-state index contributed by atoms with van der Waals surface area (Å²) >= 11 is 5.84. The number of likely N-dealkylation sites (N-methyl/N-ethyl adjacent to an activating group) is 1. The van der Waals surface area contributed by atoms with Crippen molar-refractivity contribution in [1.29, 1.82) is 0 Å². The molecule has 0 bridgehead atoms. The van der Waals surface area contributed by atoms with Gasteiger partial charge in [0.2, 0.25) is 10.0 Å². The van der Waals surface area contributed by atoms with Crippen LogP contribution in [-0.4, -0.2) is 52.5 Å². The Kier molecular flexibility index (Phi) is 5.08. The number of sulfonamides is 1. The summed E-state index contributed by atoms with van der Waals surface area (Å²) in [5.74, 6) is 0.803. The van der Waals surface area contributed by atoms with Crippen molar-refractivity contribution in [3.05, 3.63) is 28.8 Å². The molecule has 0 radical (unpaired) electrons. The van der Waals surface area contributed by atoms with Crippen molar-refractivity contribution in [1.82, 2.24) is 14.9 Å². The van der Waals surface area contributed by atoms with E-state index in [4.69, 9.17) is 11.6 Å². The fourth-order valence-electron chi connectivity index (χ4n) is 2.08. The zero-order chi connectivity index (χ0) is 15.5. The molecule has 0 fully saturated rings. The maximum Gasteiger partial charge on any atom is 0.240 e. The predicted octanol–water partition coefficient (Wildman–Crippen LogP) is 0.818. The van der Waals surface area contributed by atoms with Crippen LogP contribution in [0.25, 0.3) is 0 Å².